The molecule has 8 heteroatoms. The number of carbonyl (C=O) groups excluding carboxylic acids is 2. The average Bonchev–Trinajstić information content (AvgIpc) is 3.04. The first kappa shape index (κ1) is 19.5. The molecule has 0 bridgehead atoms. The molecule has 3 rings (SSSR count). The van der Waals surface area contributed by atoms with Crippen LogP contribution in [0.15, 0.2) is 48.5 Å². The van der Waals surface area contributed by atoms with Crippen LogP contribution in [0.25, 0.3) is 0 Å². The molecule has 1 saturated heterocycles. The summed E-state index contributed by atoms with van der Waals surface area (Å²) in [5.41, 5.74) is 0.460. The summed E-state index contributed by atoms with van der Waals surface area (Å²) in [4.78, 5) is 37.2. The fraction of sp³-hybridized carbons (Fsp3) is 0.250. The Hall–Kier alpha value is -3.29. The fourth-order valence-corrected chi connectivity index (χ4v) is 3.20. The van der Waals surface area contributed by atoms with Gasteiger partial charge in [0.1, 0.15) is 11.6 Å². The Labute approximate surface area is 159 Å². The summed E-state index contributed by atoms with van der Waals surface area (Å²) in [6.45, 7) is -0.190. The number of hydrogen-bond donors (Lipinski definition) is 2. The second-order valence-corrected chi connectivity index (χ2v) is 6.55. The van der Waals surface area contributed by atoms with Crippen molar-refractivity contribution in [1.82, 2.24) is 5.32 Å². The van der Waals surface area contributed by atoms with Crippen molar-refractivity contribution in [2.24, 2.45) is 5.92 Å². The third-order valence-corrected chi connectivity index (χ3v) is 4.68. The molecular formula is C20H18F2N2O4. The predicted octanol–water partition coefficient (Wildman–Crippen LogP) is 2.30. The second kappa shape index (κ2) is 8.16. The molecule has 2 aromatic carbocycles. The number of hydrogen-bond acceptors (Lipinski definition) is 3. The van der Waals surface area contributed by atoms with Gasteiger partial charge in [0.25, 0.3) is 0 Å². The van der Waals surface area contributed by atoms with Gasteiger partial charge in [-0.1, -0.05) is 30.3 Å². The summed E-state index contributed by atoms with van der Waals surface area (Å²) in [5, 5.41) is 12.0. The normalized spacial score (nSPS) is 17.4. The number of nitrogens with one attached hydrogen (secondary N) is 1. The van der Waals surface area contributed by atoms with Crippen LogP contribution < -0.4 is 10.2 Å². The summed E-state index contributed by atoms with van der Waals surface area (Å²) >= 11 is 0. The molecular weight excluding hydrogens is 370 g/mol. The third kappa shape index (κ3) is 4.16. The van der Waals surface area contributed by atoms with E-state index in [1.165, 1.54) is 0 Å². The minimum atomic E-state index is -1.08. The van der Waals surface area contributed by atoms with Crippen molar-refractivity contribution in [2.45, 2.75) is 12.3 Å². The highest BCUT2D eigenvalue weighted by Crippen LogP contribution is 2.28. The van der Waals surface area contributed by atoms with Crippen LogP contribution in [0, 0.1) is 17.6 Å². The lowest BCUT2D eigenvalue weighted by molar-refractivity contribution is -0.138. The van der Waals surface area contributed by atoms with Crippen LogP contribution in [0.4, 0.5) is 14.5 Å². The Morgan fingerprint density at radius 3 is 2.54 bits per heavy atom. The van der Waals surface area contributed by atoms with E-state index in [0.717, 1.165) is 17.0 Å². The zero-order valence-electron chi connectivity index (χ0n) is 14.8. The number of anilines is 1. The number of aliphatic carboxylic acids is 1. The van der Waals surface area contributed by atoms with Crippen molar-refractivity contribution in [1.29, 1.82) is 0 Å². The molecule has 1 aliphatic heterocycles. The van der Waals surface area contributed by atoms with E-state index in [2.05, 4.69) is 5.32 Å². The lowest BCUT2D eigenvalue weighted by atomic mass is 9.99. The van der Waals surface area contributed by atoms with Gasteiger partial charge in [0, 0.05) is 25.6 Å². The van der Waals surface area contributed by atoms with Crippen molar-refractivity contribution < 1.29 is 28.3 Å². The van der Waals surface area contributed by atoms with Crippen LogP contribution in [0.5, 0.6) is 0 Å². The Morgan fingerprint density at radius 2 is 1.89 bits per heavy atom. The summed E-state index contributed by atoms with van der Waals surface area (Å²) in [7, 11) is 0. The van der Waals surface area contributed by atoms with Crippen LogP contribution in [0.2, 0.25) is 0 Å². The number of carboxylic acids is 1. The van der Waals surface area contributed by atoms with Crippen molar-refractivity contribution in [2.75, 3.05) is 18.0 Å². The van der Waals surface area contributed by atoms with E-state index in [-0.39, 0.29) is 25.2 Å². The highest BCUT2D eigenvalue weighted by molar-refractivity contribution is 6.00. The number of halogens is 2. The Bertz CT molecular complexity index is 904. The minimum Gasteiger partial charge on any atom is -0.481 e. The Kier molecular flexibility index (Phi) is 5.67. The molecule has 0 radical (unpaired) electrons. The number of amides is 2. The minimum absolute atomic E-state index is 0.0592. The standard InChI is InChI=1S/C20H18F2N2O4/c21-14-6-7-17(16(22)9-14)24-11-13(8-18(24)25)19(26)23-10-15(20(27)28)12-4-2-1-3-5-12/h1-7,9,13,15H,8,10-11H2,(H,23,26)(H,27,28). The summed E-state index contributed by atoms with van der Waals surface area (Å²) in [6, 6.07) is 11.3. The van der Waals surface area contributed by atoms with Crippen molar-refractivity contribution in [3.8, 4) is 0 Å². The summed E-state index contributed by atoms with van der Waals surface area (Å²) < 4.78 is 27.0. The molecule has 146 valence electrons. The van der Waals surface area contributed by atoms with Gasteiger partial charge in [0.15, 0.2) is 0 Å². The first-order valence-electron chi connectivity index (χ1n) is 8.67. The molecule has 1 heterocycles. The summed E-state index contributed by atoms with van der Waals surface area (Å²) in [5.74, 6) is -5.34. The molecule has 6 nitrogen and oxygen atoms in total. The Balaban J connectivity index is 1.65. The smallest absolute Gasteiger partial charge is 0.312 e. The molecule has 2 amide bonds. The van der Waals surface area contributed by atoms with E-state index in [1.807, 2.05) is 0 Å². The van der Waals surface area contributed by atoms with Gasteiger partial charge in [-0.25, -0.2) is 8.78 Å². The van der Waals surface area contributed by atoms with Gasteiger partial charge < -0.3 is 15.3 Å². The quantitative estimate of drug-likeness (QED) is 0.795. The van der Waals surface area contributed by atoms with Gasteiger partial charge in [-0.05, 0) is 17.7 Å². The van der Waals surface area contributed by atoms with Crippen molar-refractivity contribution in [3.63, 3.8) is 0 Å². The predicted molar refractivity (Wildman–Crippen MR) is 96.6 cm³/mol. The molecule has 0 saturated carbocycles. The van der Waals surface area contributed by atoms with Gasteiger partial charge >= 0.3 is 5.97 Å². The number of carbonyl (C=O) groups is 3. The van der Waals surface area contributed by atoms with Gasteiger partial charge in [0.2, 0.25) is 11.8 Å². The molecule has 0 aliphatic carbocycles. The molecule has 0 aromatic heterocycles. The molecule has 2 aromatic rings. The first-order valence-corrected chi connectivity index (χ1v) is 8.67. The maximum absolute atomic E-state index is 13.9. The molecule has 1 fully saturated rings. The van der Waals surface area contributed by atoms with Gasteiger partial charge in [-0.15, -0.1) is 0 Å². The Morgan fingerprint density at radius 1 is 1.18 bits per heavy atom. The maximum atomic E-state index is 13.9. The molecule has 1 aliphatic rings. The van der Waals surface area contributed by atoms with Crippen LogP contribution in [-0.2, 0) is 14.4 Å². The van der Waals surface area contributed by atoms with Gasteiger partial charge in [-0.3, -0.25) is 14.4 Å². The highest BCUT2D eigenvalue weighted by atomic mass is 19.1. The zero-order chi connectivity index (χ0) is 20.3. The largest absolute Gasteiger partial charge is 0.481 e. The molecule has 0 spiro atoms. The van der Waals surface area contributed by atoms with Crippen LogP contribution in [-0.4, -0.2) is 36.0 Å². The van der Waals surface area contributed by atoms with Crippen LogP contribution >= 0.6 is 0 Å². The number of rotatable bonds is 6. The van der Waals surface area contributed by atoms with E-state index in [1.54, 1.807) is 30.3 Å². The highest BCUT2D eigenvalue weighted by Gasteiger charge is 2.36. The average molecular weight is 388 g/mol. The van der Waals surface area contributed by atoms with Gasteiger partial charge in [-0.2, -0.15) is 0 Å². The lowest BCUT2D eigenvalue weighted by Crippen LogP contribution is -2.37. The SMILES string of the molecule is O=C(NCC(C(=O)O)c1ccccc1)C1CC(=O)N(c2ccc(F)cc2F)C1. The molecule has 2 atom stereocenters. The van der Waals surface area contributed by atoms with E-state index < -0.39 is 41.3 Å². The van der Waals surface area contributed by atoms with Crippen molar-refractivity contribution in [3.05, 3.63) is 65.7 Å². The summed E-state index contributed by atoms with van der Waals surface area (Å²) in [6.07, 6.45) is -0.133. The van der Waals surface area contributed by atoms with Crippen molar-refractivity contribution >= 4 is 23.5 Å². The lowest BCUT2D eigenvalue weighted by Gasteiger charge is -2.18. The second-order valence-electron chi connectivity index (χ2n) is 6.55. The first-order chi connectivity index (χ1) is 13.4. The van der Waals surface area contributed by atoms with E-state index in [0.29, 0.717) is 11.6 Å². The van der Waals surface area contributed by atoms with E-state index in [4.69, 9.17) is 0 Å². The van der Waals surface area contributed by atoms with Crippen LogP contribution in [0.3, 0.4) is 0 Å². The zero-order valence-corrected chi connectivity index (χ0v) is 14.8. The van der Waals surface area contributed by atoms with E-state index in [9.17, 15) is 28.3 Å². The van der Waals surface area contributed by atoms with Crippen LogP contribution in [0.1, 0.15) is 17.9 Å². The maximum Gasteiger partial charge on any atom is 0.312 e. The number of nitrogens with zero attached hydrogens (tertiary/aromatic N) is 1. The molecule has 2 unspecified atom stereocenters. The number of carboxylic acid groups (broad SMARTS) is 1. The topological polar surface area (TPSA) is 86.7 Å². The van der Waals surface area contributed by atoms with E-state index >= 15 is 0 Å². The molecule has 2 N–H and O–H groups in total. The third-order valence-electron chi connectivity index (χ3n) is 4.68. The molecule has 28 heavy (non-hydrogen) atoms. The fourth-order valence-electron chi connectivity index (χ4n) is 3.20. The van der Waals surface area contributed by atoms with Gasteiger partial charge in [0.05, 0.1) is 17.5 Å². The monoisotopic (exact) mass is 388 g/mol. The number of benzene rings is 2.